The molecule has 82 valence electrons. The summed E-state index contributed by atoms with van der Waals surface area (Å²) < 4.78 is 7.93. The number of ether oxygens (including phenoxy) is 1. The highest BCUT2D eigenvalue weighted by atomic mass is 16.5. The van der Waals surface area contributed by atoms with E-state index in [0.717, 1.165) is 18.8 Å². The maximum atomic E-state index is 5.85. The van der Waals surface area contributed by atoms with Gasteiger partial charge in [0.05, 0.1) is 17.8 Å². The number of nitrogens with one attached hydrogen (secondary N) is 1. The highest BCUT2D eigenvalue weighted by Gasteiger charge is 2.27. The first-order chi connectivity index (χ1) is 7.33. The molecule has 1 aromatic rings. The van der Waals surface area contributed by atoms with E-state index in [-0.39, 0.29) is 12.2 Å². The molecule has 2 unspecified atom stereocenters. The molecule has 0 aromatic carbocycles. The van der Waals surface area contributed by atoms with Gasteiger partial charge in [-0.25, -0.2) is 0 Å². The zero-order valence-electron chi connectivity index (χ0n) is 9.02. The van der Waals surface area contributed by atoms with Crippen molar-refractivity contribution in [1.29, 1.82) is 0 Å². The van der Waals surface area contributed by atoms with E-state index in [1.54, 1.807) is 0 Å². The van der Waals surface area contributed by atoms with E-state index >= 15 is 0 Å². The van der Waals surface area contributed by atoms with E-state index in [1.807, 2.05) is 0 Å². The van der Waals surface area contributed by atoms with Crippen molar-refractivity contribution in [3.63, 3.8) is 0 Å². The van der Waals surface area contributed by atoms with Gasteiger partial charge in [0, 0.05) is 19.3 Å². The third-order valence-electron chi connectivity index (χ3n) is 3.04. The van der Waals surface area contributed by atoms with Crippen LogP contribution in [0.15, 0.2) is 12.3 Å². The van der Waals surface area contributed by atoms with Gasteiger partial charge in [-0.3, -0.25) is 4.68 Å². The summed E-state index contributed by atoms with van der Waals surface area (Å²) >= 11 is 0. The van der Waals surface area contributed by atoms with Crippen LogP contribution in [0, 0.1) is 0 Å². The lowest BCUT2D eigenvalue weighted by molar-refractivity contribution is -0.0311. The Morgan fingerprint density at radius 3 is 3.07 bits per heavy atom. The van der Waals surface area contributed by atoms with Gasteiger partial charge in [0.15, 0.2) is 0 Å². The van der Waals surface area contributed by atoms with Crippen molar-refractivity contribution < 1.29 is 4.74 Å². The molecule has 4 heteroatoms. The van der Waals surface area contributed by atoms with Crippen LogP contribution in [0.5, 0.6) is 0 Å². The van der Waals surface area contributed by atoms with E-state index in [1.165, 1.54) is 12.8 Å². The van der Waals surface area contributed by atoms with Crippen LogP contribution in [-0.4, -0.2) is 29.0 Å². The molecule has 0 amide bonds. The van der Waals surface area contributed by atoms with Gasteiger partial charge in [-0.15, -0.1) is 0 Å². The van der Waals surface area contributed by atoms with E-state index in [0.29, 0.717) is 6.04 Å². The summed E-state index contributed by atoms with van der Waals surface area (Å²) in [7, 11) is 0. The Morgan fingerprint density at radius 1 is 1.47 bits per heavy atom. The maximum Gasteiger partial charge on any atom is 0.114 e. The summed E-state index contributed by atoms with van der Waals surface area (Å²) in [5.41, 5.74) is 1.07. The Kier molecular flexibility index (Phi) is 2.25. The lowest BCUT2D eigenvalue weighted by atomic mass is 10.2. The third kappa shape index (κ3) is 1.92. The van der Waals surface area contributed by atoms with Crippen LogP contribution in [0.25, 0.3) is 0 Å². The van der Waals surface area contributed by atoms with Gasteiger partial charge in [0.2, 0.25) is 0 Å². The second-order valence-corrected chi connectivity index (χ2v) is 4.55. The largest absolute Gasteiger partial charge is 0.366 e. The van der Waals surface area contributed by atoms with Crippen LogP contribution in [0.3, 0.4) is 0 Å². The first-order valence-electron chi connectivity index (χ1n) is 5.74. The molecule has 0 spiro atoms. The molecule has 0 bridgehead atoms. The fourth-order valence-corrected chi connectivity index (χ4v) is 2.04. The lowest BCUT2D eigenvalue weighted by Gasteiger charge is -2.27. The SMILES string of the molecule is CC1CNCC(c2ccn(C3CC3)n2)O1. The van der Waals surface area contributed by atoms with Gasteiger partial charge in [-0.1, -0.05) is 0 Å². The Hall–Kier alpha value is -0.870. The first-order valence-corrected chi connectivity index (χ1v) is 5.74. The summed E-state index contributed by atoms with van der Waals surface area (Å²) in [6.45, 7) is 3.92. The van der Waals surface area contributed by atoms with Gasteiger partial charge in [0.1, 0.15) is 6.10 Å². The van der Waals surface area contributed by atoms with Crippen molar-refractivity contribution in [3.05, 3.63) is 18.0 Å². The van der Waals surface area contributed by atoms with E-state index in [4.69, 9.17) is 4.74 Å². The van der Waals surface area contributed by atoms with Gasteiger partial charge < -0.3 is 10.1 Å². The molecule has 3 rings (SSSR count). The molecule has 1 aromatic heterocycles. The third-order valence-corrected chi connectivity index (χ3v) is 3.04. The number of morpholine rings is 1. The van der Waals surface area contributed by atoms with Crippen molar-refractivity contribution >= 4 is 0 Å². The summed E-state index contributed by atoms with van der Waals surface area (Å²) in [4.78, 5) is 0. The molecule has 1 N–H and O–H groups in total. The number of hydrogen-bond acceptors (Lipinski definition) is 3. The van der Waals surface area contributed by atoms with Crippen LogP contribution in [-0.2, 0) is 4.74 Å². The predicted octanol–water partition coefficient (Wildman–Crippen LogP) is 1.27. The fourth-order valence-electron chi connectivity index (χ4n) is 2.04. The van der Waals surface area contributed by atoms with Crippen molar-refractivity contribution in [3.8, 4) is 0 Å². The van der Waals surface area contributed by atoms with Crippen LogP contribution >= 0.6 is 0 Å². The Bertz CT molecular complexity index is 345. The molecule has 1 aliphatic carbocycles. The molecule has 1 saturated carbocycles. The Labute approximate surface area is 89.6 Å². The molecule has 2 aliphatic rings. The summed E-state index contributed by atoms with van der Waals surface area (Å²) in [6, 6.07) is 2.75. The number of aromatic nitrogens is 2. The molecule has 4 nitrogen and oxygen atoms in total. The molecule has 15 heavy (non-hydrogen) atoms. The molecule has 1 saturated heterocycles. The highest BCUT2D eigenvalue weighted by molar-refractivity contribution is 5.06. The van der Waals surface area contributed by atoms with Crippen molar-refractivity contribution in [2.45, 2.75) is 38.0 Å². The quantitative estimate of drug-likeness (QED) is 0.793. The zero-order chi connectivity index (χ0) is 10.3. The van der Waals surface area contributed by atoms with Crippen LogP contribution in [0.4, 0.5) is 0 Å². The van der Waals surface area contributed by atoms with Crippen molar-refractivity contribution in [1.82, 2.24) is 15.1 Å². The molecule has 0 radical (unpaired) electrons. The molecule has 2 atom stereocenters. The lowest BCUT2D eigenvalue weighted by Crippen LogP contribution is -2.39. The summed E-state index contributed by atoms with van der Waals surface area (Å²) in [6.07, 6.45) is 5.06. The number of rotatable bonds is 2. The van der Waals surface area contributed by atoms with Gasteiger partial charge in [0.25, 0.3) is 0 Å². The van der Waals surface area contributed by atoms with E-state index < -0.39 is 0 Å². The highest BCUT2D eigenvalue weighted by Crippen LogP contribution is 2.34. The monoisotopic (exact) mass is 207 g/mol. The van der Waals surface area contributed by atoms with Crippen LogP contribution < -0.4 is 5.32 Å². The van der Waals surface area contributed by atoms with Crippen LogP contribution in [0.1, 0.15) is 37.6 Å². The van der Waals surface area contributed by atoms with E-state index in [9.17, 15) is 0 Å². The van der Waals surface area contributed by atoms with Gasteiger partial charge >= 0.3 is 0 Å². The zero-order valence-corrected chi connectivity index (χ0v) is 9.02. The number of hydrogen-bond donors (Lipinski definition) is 1. The van der Waals surface area contributed by atoms with Crippen molar-refractivity contribution in [2.75, 3.05) is 13.1 Å². The normalized spacial score (nSPS) is 31.8. The number of nitrogens with zero attached hydrogens (tertiary/aromatic N) is 2. The molecular formula is C11H17N3O. The Balaban J connectivity index is 1.73. The topological polar surface area (TPSA) is 39.1 Å². The maximum absolute atomic E-state index is 5.85. The average molecular weight is 207 g/mol. The second kappa shape index (κ2) is 3.61. The molecule has 2 fully saturated rings. The molecule has 1 aliphatic heterocycles. The second-order valence-electron chi connectivity index (χ2n) is 4.55. The van der Waals surface area contributed by atoms with Crippen molar-refractivity contribution in [2.24, 2.45) is 0 Å². The fraction of sp³-hybridized carbons (Fsp3) is 0.727. The van der Waals surface area contributed by atoms with Gasteiger partial charge in [-0.2, -0.15) is 5.10 Å². The Morgan fingerprint density at radius 2 is 2.33 bits per heavy atom. The minimum Gasteiger partial charge on any atom is -0.366 e. The molecular weight excluding hydrogens is 190 g/mol. The minimum atomic E-state index is 0.133. The smallest absolute Gasteiger partial charge is 0.114 e. The summed E-state index contributed by atoms with van der Waals surface area (Å²) in [5.74, 6) is 0. The first kappa shape index (κ1) is 9.36. The standard InChI is InChI=1S/C11H17N3O/c1-8-6-12-7-11(15-8)10-4-5-14(13-10)9-2-3-9/h4-5,8-9,11-12H,2-3,6-7H2,1H3. The predicted molar refractivity (Wildman–Crippen MR) is 56.7 cm³/mol. The van der Waals surface area contributed by atoms with Crippen LogP contribution in [0.2, 0.25) is 0 Å². The minimum absolute atomic E-state index is 0.133. The van der Waals surface area contributed by atoms with Gasteiger partial charge in [-0.05, 0) is 25.8 Å². The summed E-state index contributed by atoms with van der Waals surface area (Å²) in [5, 5.41) is 7.94. The molecule has 2 heterocycles. The van der Waals surface area contributed by atoms with E-state index in [2.05, 4.69) is 34.3 Å². The average Bonchev–Trinajstić information content (AvgIpc) is 2.97.